The molecule has 4 rings (SSSR count). The van der Waals surface area contributed by atoms with E-state index < -0.39 is 30.4 Å². The third-order valence-electron chi connectivity index (χ3n) is 4.82. The number of rotatable bonds is 7. The van der Waals surface area contributed by atoms with Crippen LogP contribution in [0.4, 0.5) is 13.2 Å². The van der Waals surface area contributed by atoms with Gasteiger partial charge >= 0.3 is 6.18 Å². The number of nitrogens with zero attached hydrogens (tertiary/aromatic N) is 3. The molecule has 4 aromatic rings. The number of pyridine rings is 1. The number of carbonyl (C=O) groups excluding carboxylic acids is 1. The molecule has 0 spiro atoms. The molecule has 1 N–H and O–H groups in total. The maximum atomic E-state index is 13.3. The number of alkyl halides is 3. The first kappa shape index (κ1) is 23.3. The van der Waals surface area contributed by atoms with Crippen molar-refractivity contribution < 1.29 is 22.7 Å². The Labute approximate surface area is 198 Å². The van der Waals surface area contributed by atoms with Crippen molar-refractivity contribution in [3.8, 4) is 11.6 Å². The number of aromatic nitrogens is 3. The van der Waals surface area contributed by atoms with Gasteiger partial charge in [-0.3, -0.25) is 9.78 Å². The lowest BCUT2D eigenvalue weighted by molar-refractivity contribution is -0.141. The number of hydrogen-bond acceptors (Lipinski definition) is 4. The Kier molecular flexibility index (Phi) is 6.83. The van der Waals surface area contributed by atoms with Gasteiger partial charge < -0.3 is 10.1 Å². The van der Waals surface area contributed by atoms with E-state index in [0.29, 0.717) is 5.69 Å². The van der Waals surface area contributed by atoms with Crippen LogP contribution in [0.2, 0.25) is 5.02 Å². The number of ether oxygens (including phenoxy) is 1. The number of amides is 1. The molecule has 2 heterocycles. The molecule has 2 aromatic carbocycles. The predicted octanol–water partition coefficient (Wildman–Crippen LogP) is 5.22. The quantitative estimate of drug-likeness (QED) is 0.388. The molecule has 6 nitrogen and oxygen atoms in total. The molecule has 0 bridgehead atoms. The van der Waals surface area contributed by atoms with Crippen LogP contribution in [0.3, 0.4) is 0 Å². The fourth-order valence-electron chi connectivity index (χ4n) is 3.26. The molecule has 0 aliphatic rings. The summed E-state index contributed by atoms with van der Waals surface area (Å²) in [6, 6.07) is 20.9. The SMILES string of the molecule is O=C(COc1cc(C(F)(F)F)nn1-c1ccccc1Cl)NC(c1ccccc1)c1ccccn1. The summed E-state index contributed by atoms with van der Waals surface area (Å²) in [4.78, 5) is 17.1. The van der Waals surface area contributed by atoms with E-state index in [-0.39, 0.29) is 16.6 Å². The minimum absolute atomic E-state index is 0.174. The fourth-order valence-corrected chi connectivity index (χ4v) is 3.48. The first-order valence-electron chi connectivity index (χ1n) is 10.1. The van der Waals surface area contributed by atoms with Crippen molar-refractivity contribution >= 4 is 17.5 Å². The smallest absolute Gasteiger partial charge is 0.435 e. The molecule has 0 fully saturated rings. The van der Waals surface area contributed by atoms with Crippen LogP contribution >= 0.6 is 11.6 Å². The maximum Gasteiger partial charge on any atom is 0.435 e. The van der Waals surface area contributed by atoms with Gasteiger partial charge in [-0.15, -0.1) is 0 Å². The monoisotopic (exact) mass is 486 g/mol. The van der Waals surface area contributed by atoms with E-state index in [0.717, 1.165) is 16.3 Å². The van der Waals surface area contributed by atoms with Crippen molar-refractivity contribution in [1.82, 2.24) is 20.1 Å². The fraction of sp³-hybridized carbons (Fsp3) is 0.125. The molecule has 10 heteroatoms. The second-order valence-electron chi connectivity index (χ2n) is 7.18. The highest BCUT2D eigenvalue weighted by Gasteiger charge is 2.36. The number of para-hydroxylation sites is 1. The summed E-state index contributed by atoms with van der Waals surface area (Å²) in [5.41, 5.74) is 0.404. The van der Waals surface area contributed by atoms with Crippen molar-refractivity contribution in [2.24, 2.45) is 0 Å². The zero-order valence-corrected chi connectivity index (χ0v) is 18.3. The standard InChI is InChI=1S/C24H18ClF3N4O2/c25-17-10-4-5-12-19(17)32-22(14-20(31-32)24(26,27)28)34-15-21(33)30-23(16-8-2-1-3-9-16)18-11-6-7-13-29-18/h1-14,23H,15H2,(H,30,33). The molecule has 34 heavy (non-hydrogen) atoms. The molecule has 0 saturated heterocycles. The van der Waals surface area contributed by atoms with Crippen LogP contribution in [0.5, 0.6) is 5.88 Å². The normalized spacial score (nSPS) is 12.2. The summed E-state index contributed by atoms with van der Waals surface area (Å²) in [6.45, 7) is -0.552. The highest BCUT2D eigenvalue weighted by molar-refractivity contribution is 6.32. The number of nitrogens with one attached hydrogen (secondary N) is 1. The predicted molar refractivity (Wildman–Crippen MR) is 120 cm³/mol. The van der Waals surface area contributed by atoms with Crippen molar-refractivity contribution in [3.63, 3.8) is 0 Å². The van der Waals surface area contributed by atoms with Crippen LogP contribution < -0.4 is 10.1 Å². The average Bonchev–Trinajstić information content (AvgIpc) is 3.27. The second-order valence-corrected chi connectivity index (χ2v) is 7.59. The number of hydrogen-bond donors (Lipinski definition) is 1. The maximum absolute atomic E-state index is 13.3. The van der Waals surface area contributed by atoms with E-state index in [9.17, 15) is 18.0 Å². The van der Waals surface area contributed by atoms with Crippen LogP contribution in [0.15, 0.2) is 85.1 Å². The van der Waals surface area contributed by atoms with E-state index in [1.54, 1.807) is 36.5 Å². The molecule has 2 aromatic heterocycles. The lowest BCUT2D eigenvalue weighted by atomic mass is 10.0. The van der Waals surface area contributed by atoms with Crippen molar-refractivity contribution in [2.75, 3.05) is 6.61 Å². The van der Waals surface area contributed by atoms with Gasteiger partial charge in [0.25, 0.3) is 5.91 Å². The van der Waals surface area contributed by atoms with Gasteiger partial charge in [-0.05, 0) is 29.8 Å². The lowest BCUT2D eigenvalue weighted by Gasteiger charge is -2.19. The summed E-state index contributed by atoms with van der Waals surface area (Å²) >= 11 is 6.14. The van der Waals surface area contributed by atoms with Crippen LogP contribution in [0, 0.1) is 0 Å². The summed E-state index contributed by atoms with van der Waals surface area (Å²) < 4.78 is 46.3. The second kappa shape index (κ2) is 9.96. The molecule has 0 aliphatic heterocycles. The average molecular weight is 487 g/mol. The first-order valence-corrected chi connectivity index (χ1v) is 10.5. The Bertz CT molecular complexity index is 1220. The Morgan fingerprint density at radius 2 is 1.74 bits per heavy atom. The van der Waals surface area contributed by atoms with E-state index >= 15 is 0 Å². The van der Waals surface area contributed by atoms with Crippen molar-refractivity contribution in [2.45, 2.75) is 12.2 Å². The van der Waals surface area contributed by atoms with E-state index in [4.69, 9.17) is 16.3 Å². The zero-order valence-electron chi connectivity index (χ0n) is 17.5. The van der Waals surface area contributed by atoms with Crippen LogP contribution in [0.25, 0.3) is 5.69 Å². The Morgan fingerprint density at radius 1 is 1.03 bits per heavy atom. The minimum atomic E-state index is -4.70. The summed E-state index contributed by atoms with van der Waals surface area (Å²) in [5, 5.41) is 6.58. The van der Waals surface area contributed by atoms with Crippen molar-refractivity contribution in [3.05, 3.63) is 107 Å². The molecule has 0 saturated carbocycles. The van der Waals surface area contributed by atoms with Gasteiger partial charge in [0.05, 0.1) is 22.4 Å². The Morgan fingerprint density at radius 3 is 2.41 bits per heavy atom. The number of carbonyl (C=O) groups is 1. The van der Waals surface area contributed by atoms with E-state index in [1.807, 2.05) is 30.3 Å². The zero-order chi connectivity index (χ0) is 24.1. The van der Waals surface area contributed by atoms with Gasteiger partial charge in [-0.2, -0.15) is 23.0 Å². The molecule has 174 valence electrons. The molecule has 1 amide bonds. The van der Waals surface area contributed by atoms with Crippen LogP contribution in [-0.2, 0) is 11.0 Å². The van der Waals surface area contributed by atoms with E-state index in [1.165, 1.54) is 12.1 Å². The summed E-state index contributed by atoms with van der Waals surface area (Å²) in [7, 11) is 0. The number of halogens is 4. The molecule has 0 aliphatic carbocycles. The highest BCUT2D eigenvalue weighted by Crippen LogP contribution is 2.33. The van der Waals surface area contributed by atoms with Gasteiger partial charge in [0, 0.05) is 12.3 Å². The van der Waals surface area contributed by atoms with Crippen LogP contribution in [-0.4, -0.2) is 27.3 Å². The largest absolute Gasteiger partial charge is 0.467 e. The minimum Gasteiger partial charge on any atom is -0.467 e. The van der Waals surface area contributed by atoms with Gasteiger partial charge in [0.2, 0.25) is 5.88 Å². The van der Waals surface area contributed by atoms with Gasteiger partial charge in [0.1, 0.15) is 0 Å². The Hall–Kier alpha value is -3.85. The highest BCUT2D eigenvalue weighted by atomic mass is 35.5. The molecule has 0 radical (unpaired) electrons. The van der Waals surface area contributed by atoms with E-state index in [2.05, 4.69) is 15.4 Å². The summed E-state index contributed by atoms with van der Waals surface area (Å²) in [5.74, 6) is -0.829. The molecular weight excluding hydrogens is 469 g/mol. The summed E-state index contributed by atoms with van der Waals surface area (Å²) in [6.07, 6.45) is -3.10. The molecule has 1 atom stereocenters. The lowest BCUT2D eigenvalue weighted by Crippen LogP contribution is -2.33. The Balaban J connectivity index is 1.56. The molecular formula is C24H18ClF3N4O2. The number of benzene rings is 2. The van der Waals surface area contributed by atoms with Crippen molar-refractivity contribution in [1.29, 1.82) is 0 Å². The molecule has 1 unspecified atom stereocenters. The third-order valence-corrected chi connectivity index (χ3v) is 5.14. The van der Waals surface area contributed by atoms with Gasteiger partial charge in [-0.1, -0.05) is 60.1 Å². The van der Waals surface area contributed by atoms with Crippen LogP contribution in [0.1, 0.15) is 23.0 Å². The van der Waals surface area contributed by atoms with Gasteiger partial charge in [-0.25, -0.2) is 0 Å². The first-order chi connectivity index (χ1) is 16.3. The topological polar surface area (TPSA) is 69.0 Å². The third kappa shape index (κ3) is 5.37. The van der Waals surface area contributed by atoms with Gasteiger partial charge in [0.15, 0.2) is 12.3 Å².